The van der Waals surface area contributed by atoms with Gasteiger partial charge < -0.3 is 5.32 Å². The Balaban J connectivity index is 2.41. The van der Waals surface area contributed by atoms with E-state index < -0.39 is 28.9 Å². The number of nitrogens with one attached hydrogen (secondary N) is 1. The van der Waals surface area contributed by atoms with E-state index in [0.29, 0.717) is 5.69 Å². The van der Waals surface area contributed by atoms with Crippen LogP contribution in [0.3, 0.4) is 0 Å². The molecule has 6 heteroatoms. The molecule has 2 aromatic rings. The molecule has 2 aromatic carbocycles. The van der Waals surface area contributed by atoms with Gasteiger partial charge in [0, 0.05) is 15.8 Å². The molecule has 0 aliphatic heterocycles. The summed E-state index contributed by atoms with van der Waals surface area (Å²) < 4.78 is 40.2. The first-order valence-corrected chi connectivity index (χ1v) is 6.24. The SMILES string of the molecule is CCc1c(F)cc(C(=O)Nc2ccccc2)c(OF)c1F. The summed E-state index contributed by atoms with van der Waals surface area (Å²) >= 11 is 0. The van der Waals surface area contributed by atoms with Gasteiger partial charge in [-0.1, -0.05) is 25.1 Å². The molecule has 21 heavy (non-hydrogen) atoms. The Kier molecular flexibility index (Phi) is 4.47. The average molecular weight is 295 g/mol. The summed E-state index contributed by atoms with van der Waals surface area (Å²) in [5.41, 5.74) is -0.472. The van der Waals surface area contributed by atoms with Crippen LogP contribution in [0.15, 0.2) is 36.4 Å². The molecule has 0 fully saturated rings. The number of halogens is 3. The lowest BCUT2D eigenvalue weighted by Gasteiger charge is -2.11. The van der Waals surface area contributed by atoms with E-state index in [1.165, 1.54) is 6.92 Å². The number of carbonyl (C=O) groups excluding carboxylic acids is 1. The summed E-state index contributed by atoms with van der Waals surface area (Å²) in [6.45, 7) is 1.51. The van der Waals surface area contributed by atoms with Crippen LogP contribution in [0.25, 0.3) is 0 Å². The maximum Gasteiger partial charge on any atom is 0.259 e. The highest BCUT2D eigenvalue weighted by Gasteiger charge is 2.24. The third-order valence-corrected chi connectivity index (χ3v) is 2.98. The van der Waals surface area contributed by atoms with Gasteiger partial charge in [0.1, 0.15) is 5.82 Å². The predicted octanol–water partition coefficient (Wildman–Crippen LogP) is 4.04. The van der Waals surface area contributed by atoms with Gasteiger partial charge in [-0.25, -0.2) is 8.78 Å². The van der Waals surface area contributed by atoms with Crippen LogP contribution in [0.5, 0.6) is 5.75 Å². The Bertz CT molecular complexity index is 660. The lowest BCUT2D eigenvalue weighted by molar-refractivity contribution is -0.0118. The van der Waals surface area contributed by atoms with Crippen LogP contribution in [-0.4, -0.2) is 5.91 Å². The highest BCUT2D eigenvalue weighted by Crippen LogP contribution is 2.29. The van der Waals surface area contributed by atoms with Crippen molar-refractivity contribution in [1.29, 1.82) is 0 Å². The van der Waals surface area contributed by atoms with E-state index in [9.17, 15) is 18.1 Å². The Labute approximate surface area is 119 Å². The van der Waals surface area contributed by atoms with E-state index in [1.807, 2.05) is 0 Å². The maximum absolute atomic E-state index is 13.9. The van der Waals surface area contributed by atoms with E-state index >= 15 is 0 Å². The molecule has 0 aliphatic carbocycles. The molecule has 0 saturated heterocycles. The van der Waals surface area contributed by atoms with Crippen molar-refractivity contribution < 1.29 is 23.0 Å². The minimum atomic E-state index is -1.21. The van der Waals surface area contributed by atoms with Crippen LogP contribution in [0.4, 0.5) is 19.0 Å². The zero-order valence-corrected chi connectivity index (χ0v) is 11.1. The van der Waals surface area contributed by atoms with Crippen molar-refractivity contribution in [2.24, 2.45) is 0 Å². The fraction of sp³-hybridized carbons (Fsp3) is 0.133. The first kappa shape index (κ1) is 14.9. The minimum Gasteiger partial charge on any atom is -0.322 e. The topological polar surface area (TPSA) is 38.3 Å². The molecule has 3 nitrogen and oxygen atoms in total. The standard InChI is InChI=1S/C15H12F3NO2/c1-2-10-12(16)8-11(14(21-18)13(10)17)15(20)19-9-6-4-3-5-7-9/h3-8H,2H2,1H3,(H,19,20). The molecule has 0 unspecified atom stereocenters. The second-order valence-corrected chi connectivity index (χ2v) is 4.28. The number of hydrogen-bond acceptors (Lipinski definition) is 2. The van der Waals surface area contributed by atoms with Gasteiger partial charge in [-0.15, -0.1) is 0 Å². The molecule has 0 bridgehead atoms. The van der Waals surface area contributed by atoms with Crippen LogP contribution in [0.1, 0.15) is 22.8 Å². The maximum atomic E-state index is 13.9. The van der Waals surface area contributed by atoms with Crippen molar-refractivity contribution in [2.45, 2.75) is 13.3 Å². The molecular weight excluding hydrogens is 283 g/mol. The largest absolute Gasteiger partial charge is 0.322 e. The predicted molar refractivity (Wildman–Crippen MR) is 71.9 cm³/mol. The summed E-state index contributed by atoms with van der Waals surface area (Å²) in [5.74, 6) is -3.91. The van der Waals surface area contributed by atoms with Crippen LogP contribution < -0.4 is 10.3 Å². The van der Waals surface area contributed by atoms with Crippen molar-refractivity contribution in [3.05, 3.63) is 59.2 Å². The highest BCUT2D eigenvalue weighted by molar-refractivity contribution is 6.06. The number of benzene rings is 2. The third kappa shape index (κ3) is 2.99. The zero-order chi connectivity index (χ0) is 15.4. The van der Waals surface area contributed by atoms with Gasteiger partial charge >= 0.3 is 0 Å². The molecule has 0 spiro atoms. The molecule has 0 aliphatic rings. The van der Waals surface area contributed by atoms with E-state index in [4.69, 9.17) is 0 Å². The van der Waals surface area contributed by atoms with Gasteiger partial charge in [0.2, 0.25) is 5.75 Å². The average Bonchev–Trinajstić information content (AvgIpc) is 2.48. The van der Waals surface area contributed by atoms with E-state index in [2.05, 4.69) is 10.3 Å². The number of rotatable bonds is 4. The second-order valence-electron chi connectivity index (χ2n) is 4.28. The van der Waals surface area contributed by atoms with Crippen LogP contribution in [0.2, 0.25) is 0 Å². The summed E-state index contributed by atoms with van der Waals surface area (Å²) in [5, 5.41) is 2.41. The van der Waals surface area contributed by atoms with Crippen molar-refractivity contribution in [3.8, 4) is 5.75 Å². The molecule has 1 amide bonds. The number of para-hydroxylation sites is 1. The first-order chi connectivity index (χ1) is 10.1. The lowest BCUT2D eigenvalue weighted by atomic mass is 10.1. The van der Waals surface area contributed by atoms with Crippen LogP contribution >= 0.6 is 0 Å². The monoisotopic (exact) mass is 295 g/mol. The zero-order valence-electron chi connectivity index (χ0n) is 11.1. The van der Waals surface area contributed by atoms with Gasteiger partial charge in [0.25, 0.3) is 5.91 Å². The van der Waals surface area contributed by atoms with Crippen LogP contribution in [0, 0.1) is 11.6 Å². The molecule has 110 valence electrons. The summed E-state index contributed by atoms with van der Waals surface area (Å²) in [6.07, 6.45) is 0.00854. The quantitative estimate of drug-likeness (QED) is 0.924. The normalized spacial score (nSPS) is 10.3. The second kappa shape index (κ2) is 6.30. The number of carbonyl (C=O) groups is 1. The molecular formula is C15H12F3NO2. The van der Waals surface area contributed by atoms with E-state index in [-0.39, 0.29) is 12.0 Å². The fourth-order valence-corrected chi connectivity index (χ4v) is 1.93. The van der Waals surface area contributed by atoms with Gasteiger partial charge in [-0.05, 0) is 24.6 Å². The van der Waals surface area contributed by atoms with Gasteiger partial charge in [0.15, 0.2) is 5.82 Å². The van der Waals surface area contributed by atoms with Gasteiger partial charge in [0.05, 0.1) is 5.56 Å². The molecule has 2 rings (SSSR count). The molecule has 0 saturated carbocycles. The van der Waals surface area contributed by atoms with Crippen LogP contribution in [-0.2, 0) is 6.42 Å². The van der Waals surface area contributed by atoms with E-state index in [0.717, 1.165) is 6.07 Å². The smallest absolute Gasteiger partial charge is 0.259 e. The third-order valence-electron chi connectivity index (χ3n) is 2.98. The Hall–Kier alpha value is -2.50. The molecule has 0 aromatic heterocycles. The van der Waals surface area contributed by atoms with Gasteiger partial charge in [-0.2, -0.15) is 0 Å². The van der Waals surface area contributed by atoms with Crippen molar-refractivity contribution in [3.63, 3.8) is 0 Å². The molecule has 1 N–H and O–H groups in total. The number of hydrogen-bond donors (Lipinski definition) is 1. The fourth-order valence-electron chi connectivity index (χ4n) is 1.93. The lowest BCUT2D eigenvalue weighted by Crippen LogP contribution is -2.15. The van der Waals surface area contributed by atoms with Crippen molar-refractivity contribution in [2.75, 3.05) is 5.32 Å². The Morgan fingerprint density at radius 3 is 2.48 bits per heavy atom. The summed E-state index contributed by atoms with van der Waals surface area (Å²) in [6, 6.07) is 9.01. The number of anilines is 1. The highest BCUT2D eigenvalue weighted by atomic mass is 19.3. The first-order valence-electron chi connectivity index (χ1n) is 6.24. The molecule has 0 heterocycles. The Morgan fingerprint density at radius 1 is 1.24 bits per heavy atom. The van der Waals surface area contributed by atoms with Crippen molar-refractivity contribution in [1.82, 2.24) is 0 Å². The Morgan fingerprint density at radius 2 is 1.90 bits per heavy atom. The van der Waals surface area contributed by atoms with E-state index in [1.54, 1.807) is 30.3 Å². The van der Waals surface area contributed by atoms with Gasteiger partial charge in [-0.3, -0.25) is 9.74 Å². The number of amides is 1. The minimum absolute atomic E-state index is 0.00854. The summed E-state index contributed by atoms with van der Waals surface area (Å²) in [4.78, 5) is 15.4. The summed E-state index contributed by atoms with van der Waals surface area (Å²) in [7, 11) is 0. The molecule has 0 radical (unpaired) electrons. The van der Waals surface area contributed by atoms with Crippen molar-refractivity contribution >= 4 is 11.6 Å². The molecule has 0 atom stereocenters.